The van der Waals surface area contributed by atoms with Gasteiger partial charge in [-0.1, -0.05) is 0 Å². The Kier molecular flexibility index (Phi) is 2.95. The lowest BCUT2D eigenvalue weighted by molar-refractivity contribution is 0.107. The van der Waals surface area contributed by atoms with Crippen molar-refractivity contribution in [3.63, 3.8) is 0 Å². The van der Waals surface area contributed by atoms with E-state index < -0.39 is 28.7 Å². The number of nitrogens with two attached hydrogens (primary N) is 1. The van der Waals surface area contributed by atoms with Gasteiger partial charge >= 0.3 is 0 Å². The molecule has 0 saturated heterocycles. The topological polar surface area (TPSA) is 56.0 Å². The van der Waals surface area contributed by atoms with E-state index in [1.54, 1.807) is 0 Å². The van der Waals surface area contributed by atoms with Crippen LogP contribution in [0.2, 0.25) is 0 Å². The van der Waals surface area contributed by atoms with Crippen LogP contribution in [-0.4, -0.2) is 10.2 Å². The number of halogens is 4. The van der Waals surface area contributed by atoms with E-state index in [1.807, 2.05) is 0 Å². The predicted octanol–water partition coefficient (Wildman–Crippen LogP) is 2.12. The molecule has 76 valence electrons. The van der Waals surface area contributed by atoms with Gasteiger partial charge in [0, 0.05) is 0 Å². The van der Waals surface area contributed by atoms with Crippen LogP contribution in [0.5, 0.6) is 0 Å². The summed E-state index contributed by atoms with van der Waals surface area (Å²) in [5, 5.41) is -1.23. The molecule has 14 heavy (non-hydrogen) atoms. The van der Waals surface area contributed by atoms with E-state index in [9.17, 15) is 18.0 Å². The molecule has 1 aromatic rings. The smallest absolute Gasteiger partial charge is 0.283 e. The standard InChI is InChI=1S/C7H4ClF3N2O/c8-6(14)3-2(12)1-13-5(4(3)9)7(10)11/h1,7H,12H2. The molecule has 0 unspecified atom stereocenters. The maximum absolute atomic E-state index is 13.1. The summed E-state index contributed by atoms with van der Waals surface area (Å²) in [4.78, 5) is 13.7. The Morgan fingerprint density at radius 2 is 2.14 bits per heavy atom. The highest BCUT2D eigenvalue weighted by Crippen LogP contribution is 2.26. The van der Waals surface area contributed by atoms with Crippen molar-refractivity contribution in [1.82, 2.24) is 4.98 Å². The average molecular weight is 225 g/mol. The second-order valence-electron chi connectivity index (χ2n) is 2.36. The minimum absolute atomic E-state index is 0.369. The van der Waals surface area contributed by atoms with E-state index in [-0.39, 0.29) is 5.69 Å². The fourth-order valence-corrected chi connectivity index (χ4v) is 1.06. The summed E-state index contributed by atoms with van der Waals surface area (Å²) in [5.41, 5.74) is 2.87. The second kappa shape index (κ2) is 3.83. The van der Waals surface area contributed by atoms with Crippen molar-refractivity contribution in [3.8, 4) is 0 Å². The Balaban J connectivity index is 3.41. The molecule has 1 rings (SSSR count). The number of carbonyl (C=O) groups is 1. The molecule has 0 amide bonds. The maximum atomic E-state index is 13.1. The van der Waals surface area contributed by atoms with E-state index in [0.717, 1.165) is 6.20 Å². The number of carbonyl (C=O) groups excluding carboxylic acids is 1. The summed E-state index contributed by atoms with van der Waals surface area (Å²) >= 11 is 4.96. The molecule has 0 aliphatic carbocycles. The van der Waals surface area contributed by atoms with E-state index >= 15 is 0 Å². The molecule has 0 aliphatic rings. The number of anilines is 1. The number of hydrogen-bond acceptors (Lipinski definition) is 3. The first kappa shape index (κ1) is 10.8. The number of pyridine rings is 1. The van der Waals surface area contributed by atoms with E-state index in [0.29, 0.717) is 0 Å². The van der Waals surface area contributed by atoms with Gasteiger partial charge in [-0.15, -0.1) is 0 Å². The maximum Gasteiger partial charge on any atom is 0.283 e. The first-order valence-electron chi connectivity index (χ1n) is 3.37. The third kappa shape index (κ3) is 1.79. The molecule has 1 heterocycles. The SMILES string of the molecule is Nc1cnc(C(F)F)c(F)c1C(=O)Cl. The zero-order valence-electron chi connectivity index (χ0n) is 6.60. The van der Waals surface area contributed by atoms with Gasteiger partial charge in [-0.05, 0) is 11.6 Å². The van der Waals surface area contributed by atoms with Crippen molar-refractivity contribution in [2.45, 2.75) is 6.43 Å². The molecule has 0 bridgehead atoms. The largest absolute Gasteiger partial charge is 0.397 e. The molecule has 2 N–H and O–H groups in total. The predicted molar refractivity (Wildman–Crippen MR) is 43.7 cm³/mol. The van der Waals surface area contributed by atoms with Gasteiger partial charge < -0.3 is 5.73 Å². The van der Waals surface area contributed by atoms with Gasteiger partial charge in [0.15, 0.2) is 5.82 Å². The summed E-state index contributed by atoms with van der Waals surface area (Å²) in [6.07, 6.45) is -2.36. The van der Waals surface area contributed by atoms with Crippen LogP contribution in [0, 0.1) is 5.82 Å². The van der Waals surface area contributed by atoms with Gasteiger partial charge in [0.1, 0.15) is 5.69 Å². The van der Waals surface area contributed by atoms with Crippen molar-refractivity contribution < 1.29 is 18.0 Å². The van der Waals surface area contributed by atoms with Gasteiger partial charge in [0.05, 0.1) is 17.4 Å². The van der Waals surface area contributed by atoms with Gasteiger partial charge in [-0.2, -0.15) is 0 Å². The van der Waals surface area contributed by atoms with Crippen LogP contribution < -0.4 is 5.73 Å². The van der Waals surface area contributed by atoms with Gasteiger partial charge in [0.2, 0.25) is 0 Å². The lowest BCUT2D eigenvalue weighted by Crippen LogP contribution is -2.07. The van der Waals surface area contributed by atoms with E-state index in [1.165, 1.54) is 0 Å². The number of rotatable bonds is 2. The first-order chi connectivity index (χ1) is 6.45. The third-order valence-corrected chi connectivity index (χ3v) is 1.67. The Hall–Kier alpha value is -1.30. The zero-order valence-corrected chi connectivity index (χ0v) is 7.36. The minimum atomic E-state index is -3.12. The third-order valence-electron chi connectivity index (χ3n) is 1.48. The molecule has 7 heteroatoms. The van der Waals surface area contributed by atoms with Crippen molar-refractivity contribution in [2.24, 2.45) is 0 Å². The van der Waals surface area contributed by atoms with Crippen LogP contribution in [0.1, 0.15) is 22.5 Å². The number of nitrogen functional groups attached to an aromatic ring is 1. The normalized spacial score (nSPS) is 10.6. The molecule has 0 aliphatic heterocycles. The summed E-state index contributed by atoms with van der Waals surface area (Å²) in [6.45, 7) is 0. The number of aromatic nitrogens is 1. The highest BCUT2D eigenvalue weighted by atomic mass is 35.5. The second-order valence-corrected chi connectivity index (χ2v) is 2.71. The van der Waals surface area contributed by atoms with Crippen molar-refractivity contribution in [2.75, 3.05) is 5.73 Å². The molecule has 0 spiro atoms. The molecule has 0 radical (unpaired) electrons. The number of hydrogen-bond donors (Lipinski definition) is 1. The number of alkyl halides is 2. The lowest BCUT2D eigenvalue weighted by atomic mass is 10.2. The molecule has 0 fully saturated rings. The molecule has 0 atom stereocenters. The Morgan fingerprint density at radius 1 is 1.57 bits per heavy atom. The van der Waals surface area contributed by atoms with E-state index in [4.69, 9.17) is 17.3 Å². The number of nitrogens with zero attached hydrogens (tertiary/aromatic N) is 1. The van der Waals surface area contributed by atoms with E-state index in [2.05, 4.69) is 4.98 Å². The van der Waals surface area contributed by atoms with Crippen LogP contribution in [-0.2, 0) is 0 Å². The molecule has 0 aromatic carbocycles. The highest BCUT2D eigenvalue weighted by Gasteiger charge is 2.23. The summed E-state index contributed by atoms with van der Waals surface area (Å²) in [5.74, 6) is -1.47. The zero-order chi connectivity index (χ0) is 10.9. The monoisotopic (exact) mass is 224 g/mol. The van der Waals surface area contributed by atoms with Crippen LogP contribution in [0.3, 0.4) is 0 Å². The fraction of sp³-hybridized carbons (Fsp3) is 0.143. The van der Waals surface area contributed by atoms with Crippen LogP contribution in [0.4, 0.5) is 18.9 Å². The summed E-state index contributed by atoms with van der Waals surface area (Å²) in [6, 6.07) is 0. The van der Waals surface area contributed by atoms with Gasteiger partial charge in [0.25, 0.3) is 11.7 Å². The van der Waals surface area contributed by atoms with Crippen LogP contribution in [0.15, 0.2) is 6.20 Å². The Labute approximate surface area is 81.7 Å². The Morgan fingerprint density at radius 3 is 2.57 bits per heavy atom. The van der Waals surface area contributed by atoms with Crippen molar-refractivity contribution in [3.05, 3.63) is 23.3 Å². The molecular formula is C7H4ClF3N2O. The fourth-order valence-electron chi connectivity index (χ4n) is 0.867. The van der Waals surface area contributed by atoms with Gasteiger partial charge in [-0.3, -0.25) is 4.79 Å². The minimum Gasteiger partial charge on any atom is -0.397 e. The molecular weight excluding hydrogens is 221 g/mol. The van der Waals surface area contributed by atoms with Gasteiger partial charge in [-0.25, -0.2) is 18.2 Å². The average Bonchev–Trinajstić information content (AvgIpc) is 2.02. The summed E-state index contributed by atoms with van der Waals surface area (Å²) in [7, 11) is 0. The molecule has 1 aromatic heterocycles. The van der Waals surface area contributed by atoms with Crippen molar-refractivity contribution in [1.29, 1.82) is 0 Å². The van der Waals surface area contributed by atoms with Crippen LogP contribution >= 0.6 is 11.6 Å². The van der Waals surface area contributed by atoms with Crippen molar-refractivity contribution >= 4 is 22.5 Å². The quantitative estimate of drug-likeness (QED) is 0.783. The molecule has 3 nitrogen and oxygen atoms in total. The van der Waals surface area contributed by atoms with Crippen LogP contribution in [0.25, 0.3) is 0 Å². The Bertz CT molecular complexity index is 383. The first-order valence-corrected chi connectivity index (χ1v) is 3.74. The highest BCUT2D eigenvalue weighted by molar-refractivity contribution is 6.68. The summed E-state index contributed by atoms with van der Waals surface area (Å²) < 4.78 is 37.3. The lowest BCUT2D eigenvalue weighted by Gasteiger charge is -2.05. The molecule has 0 saturated carbocycles.